The average Bonchev–Trinajstić information content (AvgIpc) is 2.46. The van der Waals surface area contributed by atoms with Crippen molar-refractivity contribution in [1.82, 2.24) is 0 Å². The van der Waals surface area contributed by atoms with Crippen LogP contribution in [0.3, 0.4) is 0 Å². The number of amides is 1. The highest BCUT2D eigenvalue weighted by molar-refractivity contribution is 7.90. The number of nitrogens with two attached hydrogens (primary N) is 1. The summed E-state index contributed by atoms with van der Waals surface area (Å²) in [6.45, 7) is 2.17. The Bertz CT molecular complexity index is 573. The lowest BCUT2D eigenvalue weighted by molar-refractivity contribution is -0.117. The summed E-state index contributed by atoms with van der Waals surface area (Å²) < 4.78 is 22.1. The molecule has 5 nitrogen and oxygen atoms in total. The maximum Gasteiger partial charge on any atom is 0.241 e. The predicted octanol–water partition coefficient (Wildman–Crippen LogP) is 2.54. The summed E-state index contributed by atoms with van der Waals surface area (Å²) in [7, 11) is -3.10. The Morgan fingerprint density at radius 1 is 1.22 bits per heavy atom. The molecule has 0 aliphatic rings. The molecule has 1 aromatic rings. The minimum absolute atomic E-state index is 0. The molecule has 0 saturated heterocycles. The number of unbranched alkanes of at least 4 members (excludes halogenated alkanes) is 2. The summed E-state index contributed by atoms with van der Waals surface area (Å²) in [5, 5.41) is 2.71. The van der Waals surface area contributed by atoms with E-state index < -0.39 is 15.9 Å². The highest BCUT2D eigenvalue weighted by Crippen LogP contribution is 2.13. The third kappa shape index (κ3) is 9.58. The van der Waals surface area contributed by atoms with E-state index >= 15 is 0 Å². The largest absolute Gasteiger partial charge is 0.325 e. The van der Waals surface area contributed by atoms with Crippen LogP contribution in [-0.4, -0.2) is 32.4 Å². The molecule has 0 aliphatic carbocycles. The second kappa shape index (κ2) is 10.6. The first-order valence-corrected chi connectivity index (χ1v) is 9.71. The van der Waals surface area contributed by atoms with Gasteiger partial charge in [0.25, 0.3) is 0 Å². The van der Waals surface area contributed by atoms with Gasteiger partial charge in [-0.1, -0.05) is 31.9 Å². The standard InChI is InChI=1S/C16H26N2O3S.ClH/c1-3-4-5-6-13-7-9-14(10-8-13)18-16(19)15(17)11-12-22(2,20)21;/h7-10,15H,3-6,11-12,17H2,1-2H3,(H,18,19);1H. The number of nitrogens with one attached hydrogen (secondary N) is 1. The minimum atomic E-state index is -3.10. The fourth-order valence-corrected chi connectivity index (χ4v) is 2.72. The average molecular weight is 363 g/mol. The molecule has 0 spiro atoms. The molecule has 132 valence electrons. The van der Waals surface area contributed by atoms with Crippen LogP contribution in [0.1, 0.15) is 38.2 Å². The molecular formula is C16H27ClN2O3S. The predicted molar refractivity (Wildman–Crippen MR) is 97.9 cm³/mol. The third-order valence-corrected chi connectivity index (χ3v) is 4.40. The maximum atomic E-state index is 11.9. The van der Waals surface area contributed by atoms with Crippen LogP contribution in [0.4, 0.5) is 5.69 Å². The van der Waals surface area contributed by atoms with E-state index in [2.05, 4.69) is 12.2 Å². The van der Waals surface area contributed by atoms with E-state index in [1.54, 1.807) is 0 Å². The van der Waals surface area contributed by atoms with Gasteiger partial charge in [0, 0.05) is 11.9 Å². The second-order valence-corrected chi connectivity index (χ2v) is 7.93. The Morgan fingerprint density at radius 3 is 2.35 bits per heavy atom. The van der Waals surface area contributed by atoms with E-state index in [9.17, 15) is 13.2 Å². The Labute approximate surface area is 145 Å². The van der Waals surface area contributed by atoms with Crippen molar-refractivity contribution in [2.75, 3.05) is 17.3 Å². The number of hydrogen-bond donors (Lipinski definition) is 2. The highest BCUT2D eigenvalue weighted by atomic mass is 35.5. The molecule has 0 saturated carbocycles. The molecule has 0 aromatic heterocycles. The molecule has 7 heteroatoms. The van der Waals surface area contributed by atoms with Crippen LogP contribution in [0.25, 0.3) is 0 Å². The number of hydrogen-bond acceptors (Lipinski definition) is 4. The molecule has 0 heterocycles. The summed E-state index contributed by atoms with van der Waals surface area (Å²) in [6.07, 6.45) is 5.87. The van der Waals surface area contributed by atoms with Crippen molar-refractivity contribution in [2.45, 2.75) is 45.1 Å². The zero-order chi connectivity index (χ0) is 16.6. The normalized spacial score (nSPS) is 12.3. The van der Waals surface area contributed by atoms with Gasteiger partial charge in [-0.05, 0) is 37.0 Å². The zero-order valence-corrected chi connectivity index (χ0v) is 15.4. The lowest BCUT2D eigenvalue weighted by atomic mass is 10.1. The molecule has 1 unspecified atom stereocenters. The van der Waals surface area contributed by atoms with E-state index in [4.69, 9.17) is 5.73 Å². The van der Waals surface area contributed by atoms with Crippen LogP contribution in [-0.2, 0) is 21.1 Å². The van der Waals surface area contributed by atoms with Crippen molar-refractivity contribution >= 4 is 33.8 Å². The van der Waals surface area contributed by atoms with Crippen molar-refractivity contribution < 1.29 is 13.2 Å². The Morgan fingerprint density at radius 2 is 1.83 bits per heavy atom. The number of carbonyl (C=O) groups excluding carboxylic acids is 1. The van der Waals surface area contributed by atoms with Gasteiger partial charge in [0.1, 0.15) is 9.84 Å². The summed E-state index contributed by atoms with van der Waals surface area (Å²) in [4.78, 5) is 11.9. The SMILES string of the molecule is CCCCCc1ccc(NC(=O)C(N)CCS(C)(=O)=O)cc1.Cl. The van der Waals surface area contributed by atoms with Gasteiger partial charge in [0.2, 0.25) is 5.91 Å². The second-order valence-electron chi connectivity index (χ2n) is 5.67. The van der Waals surface area contributed by atoms with E-state index in [0.717, 1.165) is 12.7 Å². The number of rotatable bonds is 9. The van der Waals surface area contributed by atoms with E-state index in [1.165, 1.54) is 24.8 Å². The zero-order valence-electron chi connectivity index (χ0n) is 13.7. The number of halogens is 1. The molecule has 0 aliphatic heterocycles. The molecule has 1 atom stereocenters. The highest BCUT2D eigenvalue weighted by Gasteiger charge is 2.16. The Kier molecular flexibility index (Phi) is 10.1. The monoisotopic (exact) mass is 362 g/mol. The topological polar surface area (TPSA) is 89.3 Å². The first-order valence-electron chi connectivity index (χ1n) is 7.65. The number of aryl methyl sites for hydroxylation is 1. The molecular weight excluding hydrogens is 336 g/mol. The van der Waals surface area contributed by atoms with Gasteiger partial charge < -0.3 is 11.1 Å². The molecule has 3 N–H and O–H groups in total. The molecule has 0 fully saturated rings. The molecule has 1 amide bonds. The Balaban J connectivity index is 0.00000484. The lowest BCUT2D eigenvalue weighted by Crippen LogP contribution is -2.37. The summed E-state index contributed by atoms with van der Waals surface area (Å²) >= 11 is 0. The molecule has 0 radical (unpaired) electrons. The molecule has 1 rings (SSSR count). The lowest BCUT2D eigenvalue weighted by Gasteiger charge is -2.12. The fraction of sp³-hybridized carbons (Fsp3) is 0.562. The minimum Gasteiger partial charge on any atom is -0.325 e. The van der Waals surface area contributed by atoms with Crippen LogP contribution in [0.5, 0.6) is 0 Å². The number of benzene rings is 1. The first-order chi connectivity index (χ1) is 10.3. The van der Waals surface area contributed by atoms with Crippen LogP contribution < -0.4 is 11.1 Å². The van der Waals surface area contributed by atoms with Crippen molar-refractivity contribution in [2.24, 2.45) is 5.73 Å². The van der Waals surface area contributed by atoms with E-state index in [-0.39, 0.29) is 30.5 Å². The number of sulfone groups is 1. The first kappa shape index (κ1) is 21.9. The van der Waals surface area contributed by atoms with Crippen molar-refractivity contribution in [3.63, 3.8) is 0 Å². The molecule has 1 aromatic carbocycles. The van der Waals surface area contributed by atoms with Gasteiger partial charge in [-0.15, -0.1) is 12.4 Å². The van der Waals surface area contributed by atoms with Crippen molar-refractivity contribution in [3.05, 3.63) is 29.8 Å². The van der Waals surface area contributed by atoms with Crippen molar-refractivity contribution in [1.29, 1.82) is 0 Å². The van der Waals surface area contributed by atoms with Gasteiger partial charge in [-0.25, -0.2) is 8.42 Å². The van der Waals surface area contributed by atoms with Gasteiger partial charge in [0.15, 0.2) is 0 Å². The fourth-order valence-electron chi connectivity index (χ4n) is 2.04. The van der Waals surface area contributed by atoms with Gasteiger partial charge in [-0.2, -0.15) is 0 Å². The summed E-state index contributed by atoms with van der Waals surface area (Å²) in [5.74, 6) is -0.444. The van der Waals surface area contributed by atoms with E-state index in [0.29, 0.717) is 5.69 Å². The summed E-state index contributed by atoms with van der Waals surface area (Å²) in [6, 6.07) is 6.87. The van der Waals surface area contributed by atoms with Crippen LogP contribution in [0, 0.1) is 0 Å². The Hall–Kier alpha value is -1.11. The van der Waals surface area contributed by atoms with E-state index in [1.807, 2.05) is 24.3 Å². The number of anilines is 1. The van der Waals surface area contributed by atoms with Crippen LogP contribution in [0.2, 0.25) is 0 Å². The van der Waals surface area contributed by atoms with Crippen LogP contribution in [0.15, 0.2) is 24.3 Å². The van der Waals surface area contributed by atoms with Crippen molar-refractivity contribution in [3.8, 4) is 0 Å². The smallest absolute Gasteiger partial charge is 0.241 e. The van der Waals surface area contributed by atoms with Crippen LogP contribution >= 0.6 is 12.4 Å². The third-order valence-electron chi connectivity index (χ3n) is 3.43. The van der Waals surface area contributed by atoms with Gasteiger partial charge >= 0.3 is 0 Å². The maximum absolute atomic E-state index is 11.9. The quantitative estimate of drug-likeness (QED) is 0.660. The number of carbonyl (C=O) groups is 1. The summed E-state index contributed by atoms with van der Waals surface area (Å²) in [5.41, 5.74) is 7.63. The molecule has 0 bridgehead atoms. The molecule has 23 heavy (non-hydrogen) atoms. The van der Waals surface area contributed by atoms with Gasteiger partial charge in [0.05, 0.1) is 11.8 Å². The van der Waals surface area contributed by atoms with Gasteiger partial charge in [-0.3, -0.25) is 4.79 Å².